The molecule has 86 valence electrons. The molecule has 3 heteroatoms. The average Bonchev–Trinajstić information content (AvgIpc) is 2.30. The molecule has 0 amide bonds. The highest BCUT2D eigenvalue weighted by molar-refractivity contribution is 9.09. The summed E-state index contributed by atoms with van der Waals surface area (Å²) >= 11 is 3.36. The number of esters is 1. The van der Waals surface area contributed by atoms with Crippen molar-refractivity contribution < 1.29 is 9.53 Å². The van der Waals surface area contributed by atoms with Crippen LogP contribution in [0.3, 0.4) is 0 Å². The number of hydrogen-bond donors (Lipinski definition) is 0. The van der Waals surface area contributed by atoms with Crippen molar-refractivity contribution in [2.45, 2.75) is 13.3 Å². The van der Waals surface area contributed by atoms with Crippen molar-refractivity contribution in [2.75, 3.05) is 12.4 Å². The second-order valence-corrected chi connectivity index (χ2v) is 4.18. The van der Waals surface area contributed by atoms with Gasteiger partial charge in [-0.2, -0.15) is 0 Å². The van der Waals surface area contributed by atoms with Crippen LogP contribution < -0.4 is 0 Å². The molecule has 0 aliphatic rings. The number of ether oxygens (including phenoxy) is 1. The van der Waals surface area contributed by atoms with Crippen molar-refractivity contribution >= 4 is 28.0 Å². The maximum atomic E-state index is 11.5. The molecule has 1 aromatic carbocycles. The Morgan fingerprint density at radius 2 is 2.25 bits per heavy atom. The van der Waals surface area contributed by atoms with Gasteiger partial charge in [-0.3, -0.25) is 0 Å². The first-order valence-electron chi connectivity index (χ1n) is 5.11. The topological polar surface area (TPSA) is 26.3 Å². The Morgan fingerprint density at radius 3 is 2.88 bits per heavy atom. The van der Waals surface area contributed by atoms with Crippen molar-refractivity contribution in [2.24, 2.45) is 0 Å². The highest BCUT2D eigenvalue weighted by Crippen LogP contribution is 2.16. The molecular weight excluding hydrogens is 268 g/mol. The van der Waals surface area contributed by atoms with E-state index in [1.54, 1.807) is 6.07 Å². The van der Waals surface area contributed by atoms with Crippen molar-refractivity contribution in [3.05, 3.63) is 41.0 Å². The summed E-state index contributed by atoms with van der Waals surface area (Å²) in [6.07, 6.45) is 5.09. The summed E-state index contributed by atoms with van der Waals surface area (Å²) in [6, 6.07) is 5.64. The fraction of sp³-hybridized carbons (Fsp3) is 0.308. The van der Waals surface area contributed by atoms with Gasteiger partial charge in [-0.05, 0) is 30.5 Å². The van der Waals surface area contributed by atoms with Crippen LogP contribution in [0.1, 0.15) is 27.9 Å². The van der Waals surface area contributed by atoms with Gasteiger partial charge in [0.25, 0.3) is 0 Å². The number of allylic oxidation sites excluding steroid dienone is 1. The number of halogens is 1. The largest absolute Gasteiger partial charge is 0.465 e. The summed E-state index contributed by atoms with van der Waals surface area (Å²) in [5, 5.41) is 0.944. The lowest BCUT2D eigenvalue weighted by molar-refractivity contribution is 0.0600. The summed E-state index contributed by atoms with van der Waals surface area (Å²) < 4.78 is 4.73. The van der Waals surface area contributed by atoms with Gasteiger partial charge in [-0.25, -0.2) is 4.79 Å². The summed E-state index contributed by atoms with van der Waals surface area (Å²) in [5.74, 6) is -0.284. The van der Waals surface area contributed by atoms with Crippen molar-refractivity contribution in [1.82, 2.24) is 0 Å². The van der Waals surface area contributed by atoms with E-state index >= 15 is 0 Å². The minimum Gasteiger partial charge on any atom is -0.465 e. The van der Waals surface area contributed by atoms with Gasteiger partial charge in [0.1, 0.15) is 0 Å². The molecule has 0 aliphatic heterocycles. The number of alkyl halides is 1. The van der Waals surface area contributed by atoms with E-state index < -0.39 is 0 Å². The summed E-state index contributed by atoms with van der Waals surface area (Å²) in [5.41, 5.74) is 2.65. The monoisotopic (exact) mass is 282 g/mol. The Hall–Kier alpha value is -1.09. The lowest BCUT2D eigenvalue weighted by Crippen LogP contribution is -2.04. The second kappa shape index (κ2) is 6.48. The molecule has 0 heterocycles. The fourth-order valence-electron chi connectivity index (χ4n) is 1.44. The number of hydrogen-bond acceptors (Lipinski definition) is 2. The smallest absolute Gasteiger partial charge is 0.338 e. The molecule has 0 fully saturated rings. The molecule has 0 bridgehead atoms. The van der Waals surface area contributed by atoms with E-state index in [4.69, 9.17) is 4.74 Å². The van der Waals surface area contributed by atoms with Crippen LogP contribution in [-0.4, -0.2) is 18.4 Å². The standard InChI is InChI=1S/C13H15BrO2/c1-10-11(6-3-4-9-14)7-5-8-12(10)13(15)16-2/h3,5-8H,4,9H2,1-2H3. The Morgan fingerprint density at radius 1 is 1.50 bits per heavy atom. The second-order valence-electron chi connectivity index (χ2n) is 3.39. The van der Waals surface area contributed by atoms with E-state index in [1.807, 2.05) is 25.1 Å². The molecule has 0 atom stereocenters. The first kappa shape index (κ1) is 13.0. The van der Waals surface area contributed by atoms with E-state index in [2.05, 4.69) is 22.0 Å². The molecule has 0 N–H and O–H groups in total. The third-order valence-corrected chi connectivity index (χ3v) is 2.81. The van der Waals surface area contributed by atoms with Crippen LogP contribution in [0.25, 0.3) is 6.08 Å². The van der Waals surface area contributed by atoms with Crippen LogP contribution in [0.2, 0.25) is 0 Å². The lowest BCUT2D eigenvalue weighted by atomic mass is 10.0. The van der Waals surface area contributed by atoms with Crippen molar-refractivity contribution in [3.63, 3.8) is 0 Å². The molecular formula is C13H15BrO2. The van der Waals surface area contributed by atoms with Gasteiger partial charge in [0.15, 0.2) is 0 Å². The zero-order chi connectivity index (χ0) is 12.0. The third kappa shape index (κ3) is 3.20. The predicted octanol–water partition coefficient (Wildman–Crippen LogP) is 3.58. The van der Waals surface area contributed by atoms with E-state index in [9.17, 15) is 4.79 Å². The maximum absolute atomic E-state index is 11.5. The Kier molecular flexibility index (Phi) is 5.26. The van der Waals surface area contributed by atoms with Gasteiger partial charge >= 0.3 is 5.97 Å². The van der Waals surface area contributed by atoms with Crippen molar-refractivity contribution in [1.29, 1.82) is 0 Å². The summed E-state index contributed by atoms with van der Waals surface area (Å²) in [7, 11) is 1.40. The van der Waals surface area contributed by atoms with Gasteiger partial charge in [0, 0.05) is 5.33 Å². The highest BCUT2D eigenvalue weighted by atomic mass is 79.9. The lowest BCUT2D eigenvalue weighted by Gasteiger charge is -2.06. The number of rotatable bonds is 4. The summed E-state index contributed by atoms with van der Waals surface area (Å²) in [6.45, 7) is 1.93. The van der Waals surface area contributed by atoms with E-state index in [0.29, 0.717) is 5.56 Å². The van der Waals surface area contributed by atoms with Crippen LogP contribution in [-0.2, 0) is 4.74 Å². The molecule has 0 saturated heterocycles. The molecule has 0 aliphatic carbocycles. The third-order valence-electron chi connectivity index (χ3n) is 2.35. The Bertz CT molecular complexity index is 397. The first-order chi connectivity index (χ1) is 7.70. The van der Waals surface area contributed by atoms with Gasteiger partial charge < -0.3 is 4.74 Å². The highest BCUT2D eigenvalue weighted by Gasteiger charge is 2.09. The number of carbonyl (C=O) groups is 1. The molecule has 0 aromatic heterocycles. The molecule has 0 radical (unpaired) electrons. The Labute approximate surface area is 104 Å². The van der Waals surface area contributed by atoms with Gasteiger partial charge in [0.2, 0.25) is 0 Å². The predicted molar refractivity (Wildman–Crippen MR) is 70.0 cm³/mol. The quantitative estimate of drug-likeness (QED) is 0.623. The average molecular weight is 283 g/mol. The molecule has 2 nitrogen and oxygen atoms in total. The number of carbonyl (C=O) groups excluding carboxylic acids is 1. The van der Waals surface area contributed by atoms with E-state index in [1.165, 1.54) is 7.11 Å². The molecule has 0 saturated carbocycles. The van der Waals surface area contributed by atoms with Gasteiger partial charge in [-0.1, -0.05) is 40.2 Å². The molecule has 0 spiro atoms. The minimum absolute atomic E-state index is 0.284. The van der Waals surface area contributed by atoms with Crippen LogP contribution in [0.4, 0.5) is 0 Å². The molecule has 1 aromatic rings. The molecule has 0 unspecified atom stereocenters. The van der Waals surface area contributed by atoms with Crippen LogP contribution in [0, 0.1) is 6.92 Å². The fourth-order valence-corrected chi connectivity index (χ4v) is 1.70. The van der Waals surface area contributed by atoms with Gasteiger partial charge in [0.05, 0.1) is 12.7 Å². The zero-order valence-electron chi connectivity index (χ0n) is 9.50. The molecule has 16 heavy (non-hydrogen) atoms. The van der Waals surface area contributed by atoms with Crippen molar-refractivity contribution in [3.8, 4) is 0 Å². The SMILES string of the molecule is COC(=O)c1cccc(C=CCCBr)c1C. The molecule has 1 rings (SSSR count). The maximum Gasteiger partial charge on any atom is 0.338 e. The Balaban J connectivity index is 2.99. The van der Waals surface area contributed by atoms with Gasteiger partial charge in [-0.15, -0.1) is 0 Å². The normalized spacial score (nSPS) is 10.7. The minimum atomic E-state index is -0.284. The first-order valence-corrected chi connectivity index (χ1v) is 6.23. The zero-order valence-corrected chi connectivity index (χ0v) is 11.1. The van der Waals surface area contributed by atoms with Crippen LogP contribution in [0.5, 0.6) is 0 Å². The van der Waals surface area contributed by atoms with E-state index in [0.717, 1.165) is 22.9 Å². The summed E-state index contributed by atoms with van der Waals surface area (Å²) in [4.78, 5) is 11.5. The van der Waals surface area contributed by atoms with E-state index in [-0.39, 0.29) is 5.97 Å². The van der Waals surface area contributed by atoms with Crippen LogP contribution in [0.15, 0.2) is 24.3 Å². The number of methoxy groups -OCH3 is 1. The number of benzene rings is 1. The van der Waals surface area contributed by atoms with Crippen LogP contribution >= 0.6 is 15.9 Å².